The number of hydrogen-bond donors (Lipinski definition) is 1. The molecule has 0 aromatic heterocycles. The van der Waals surface area contributed by atoms with Gasteiger partial charge >= 0.3 is 0 Å². The van der Waals surface area contributed by atoms with Crippen LogP contribution in [0.5, 0.6) is 0 Å². The molecule has 64 valence electrons. The molecular formula is C7H16N2P2. The van der Waals surface area contributed by atoms with Crippen LogP contribution in [0.15, 0.2) is 4.99 Å². The molecule has 0 aromatic carbocycles. The average Bonchev–Trinajstić information content (AvgIpc) is 2.43. The van der Waals surface area contributed by atoms with E-state index in [0.29, 0.717) is 12.1 Å². The van der Waals surface area contributed by atoms with Crippen molar-refractivity contribution in [1.29, 1.82) is 0 Å². The highest BCUT2D eigenvalue weighted by atomic mass is 32.1. The molecule has 2 nitrogen and oxygen atoms in total. The van der Waals surface area contributed by atoms with E-state index in [1.165, 1.54) is 5.19 Å². The second-order valence-corrected chi connectivity index (χ2v) is 7.76. The highest BCUT2D eigenvalue weighted by Gasteiger charge is 2.32. The zero-order valence-corrected chi connectivity index (χ0v) is 9.44. The molecule has 1 heterocycles. The Morgan fingerprint density at radius 2 is 2.00 bits per heavy atom. The molecule has 0 amide bonds. The van der Waals surface area contributed by atoms with Crippen molar-refractivity contribution in [3.05, 3.63) is 0 Å². The Hall–Kier alpha value is 0.490. The summed E-state index contributed by atoms with van der Waals surface area (Å²) >= 11 is 0. The smallest absolute Gasteiger partial charge is 0.0802 e. The summed E-state index contributed by atoms with van der Waals surface area (Å²) in [4.78, 5) is 4.52. The van der Waals surface area contributed by atoms with Crippen molar-refractivity contribution >= 4 is 21.2 Å². The van der Waals surface area contributed by atoms with Gasteiger partial charge in [0.1, 0.15) is 0 Å². The first-order valence-electron chi connectivity index (χ1n) is 4.00. The minimum absolute atomic E-state index is 0.0419. The molecule has 1 rings (SSSR count). The van der Waals surface area contributed by atoms with E-state index in [4.69, 9.17) is 0 Å². The van der Waals surface area contributed by atoms with Crippen LogP contribution in [-0.4, -0.2) is 17.3 Å². The maximum atomic E-state index is 4.52. The molecule has 0 spiro atoms. The Morgan fingerprint density at radius 3 is 2.45 bits per heavy atom. The van der Waals surface area contributed by atoms with E-state index in [1.54, 1.807) is 0 Å². The van der Waals surface area contributed by atoms with Crippen molar-refractivity contribution in [3.63, 3.8) is 0 Å². The minimum atomic E-state index is 0.0419. The predicted molar refractivity (Wildman–Crippen MR) is 56.1 cm³/mol. The number of nitrogens with zero attached hydrogens (tertiary/aromatic N) is 1. The van der Waals surface area contributed by atoms with Crippen molar-refractivity contribution in [2.24, 2.45) is 4.99 Å². The van der Waals surface area contributed by atoms with E-state index in [1.807, 2.05) is 0 Å². The number of nitrogens with one attached hydrogen (secondary N) is 1. The van der Waals surface area contributed by atoms with Crippen LogP contribution in [0, 0.1) is 0 Å². The van der Waals surface area contributed by atoms with Gasteiger partial charge < -0.3 is 0 Å². The minimum Gasteiger partial charge on any atom is -0.285 e. The standard InChI is InChI=1S/C7H16N2P2/c1-5(2)8-7-10-11(7)9-6(3)4/h5-6,9-10H,1-4H3. The molecule has 0 aromatic rings. The summed E-state index contributed by atoms with van der Waals surface area (Å²) in [5, 5.41) is 4.97. The maximum absolute atomic E-state index is 4.52. The number of aliphatic imine (C=N–C) groups is 1. The van der Waals surface area contributed by atoms with Gasteiger partial charge in [0.15, 0.2) is 0 Å². The van der Waals surface area contributed by atoms with Gasteiger partial charge in [-0.05, 0) is 36.0 Å². The van der Waals surface area contributed by atoms with Gasteiger partial charge in [0.25, 0.3) is 0 Å². The molecule has 1 aliphatic rings. The third kappa shape index (κ3) is 3.60. The zero-order valence-electron chi connectivity index (χ0n) is 7.55. The van der Waals surface area contributed by atoms with E-state index in [-0.39, 0.29) is 7.76 Å². The molecule has 4 heteroatoms. The zero-order chi connectivity index (χ0) is 8.43. The number of rotatable bonds is 3. The lowest BCUT2D eigenvalue weighted by Crippen LogP contribution is -2.12. The van der Waals surface area contributed by atoms with Crippen LogP contribution in [0.2, 0.25) is 0 Å². The Morgan fingerprint density at radius 1 is 1.36 bits per heavy atom. The molecule has 0 radical (unpaired) electrons. The summed E-state index contributed by atoms with van der Waals surface area (Å²) in [6.45, 7) is 8.66. The first-order valence-corrected chi connectivity index (χ1v) is 7.18. The van der Waals surface area contributed by atoms with E-state index in [0.717, 1.165) is 8.27 Å². The Kier molecular flexibility index (Phi) is 3.43. The summed E-state index contributed by atoms with van der Waals surface area (Å²) in [7, 11) is 1.05. The predicted octanol–water partition coefficient (Wildman–Crippen LogP) is 2.75. The number of hydrogen-bond acceptors (Lipinski definition) is 2. The Labute approximate surface area is 71.7 Å². The Bertz CT molecular complexity index is 166. The van der Waals surface area contributed by atoms with Crippen molar-refractivity contribution in [1.82, 2.24) is 5.09 Å². The third-order valence-electron chi connectivity index (χ3n) is 1.14. The first-order chi connectivity index (χ1) is 5.09. The van der Waals surface area contributed by atoms with Gasteiger partial charge in [-0.15, -0.1) is 0 Å². The van der Waals surface area contributed by atoms with Crippen LogP contribution in [0.4, 0.5) is 0 Å². The van der Waals surface area contributed by atoms with Crippen LogP contribution < -0.4 is 5.09 Å². The van der Waals surface area contributed by atoms with Gasteiger partial charge in [-0.1, -0.05) is 0 Å². The SMILES string of the molecule is CC(C)N=C1PP1NC(C)C. The highest BCUT2D eigenvalue weighted by Crippen LogP contribution is 2.76. The van der Waals surface area contributed by atoms with Gasteiger partial charge in [-0.2, -0.15) is 0 Å². The lowest BCUT2D eigenvalue weighted by atomic mass is 10.4. The van der Waals surface area contributed by atoms with Crippen molar-refractivity contribution in [2.75, 3.05) is 0 Å². The van der Waals surface area contributed by atoms with Gasteiger partial charge in [-0.25, -0.2) is 0 Å². The fourth-order valence-corrected chi connectivity index (χ4v) is 4.68. The summed E-state index contributed by atoms with van der Waals surface area (Å²) in [5.41, 5.74) is 0. The summed E-state index contributed by atoms with van der Waals surface area (Å²) < 4.78 is 0. The van der Waals surface area contributed by atoms with E-state index < -0.39 is 0 Å². The van der Waals surface area contributed by atoms with Gasteiger partial charge in [0.2, 0.25) is 0 Å². The maximum Gasteiger partial charge on any atom is 0.0802 e. The van der Waals surface area contributed by atoms with Gasteiger partial charge in [0, 0.05) is 19.8 Å². The fraction of sp³-hybridized carbons (Fsp3) is 0.857. The monoisotopic (exact) mass is 190 g/mol. The molecule has 1 aliphatic heterocycles. The first kappa shape index (κ1) is 9.58. The van der Waals surface area contributed by atoms with E-state index in [9.17, 15) is 0 Å². The quantitative estimate of drug-likeness (QED) is 0.680. The molecule has 1 N–H and O–H groups in total. The second kappa shape index (κ2) is 3.94. The highest BCUT2D eigenvalue weighted by molar-refractivity contribution is 8.58. The molecule has 1 fully saturated rings. The van der Waals surface area contributed by atoms with Crippen molar-refractivity contribution in [3.8, 4) is 0 Å². The molecule has 2 atom stereocenters. The molecule has 0 bridgehead atoms. The normalized spacial score (nSPS) is 29.3. The van der Waals surface area contributed by atoms with Crippen LogP contribution in [-0.2, 0) is 0 Å². The van der Waals surface area contributed by atoms with Crippen LogP contribution >= 0.6 is 16.0 Å². The molecular weight excluding hydrogens is 174 g/mol. The fourth-order valence-electron chi connectivity index (χ4n) is 0.758. The van der Waals surface area contributed by atoms with Crippen molar-refractivity contribution < 1.29 is 0 Å². The lowest BCUT2D eigenvalue weighted by Gasteiger charge is -2.03. The van der Waals surface area contributed by atoms with Crippen LogP contribution in [0.1, 0.15) is 27.7 Å². The van der Waals surface area contributed by atoms with Crippen molar-refractivity contribution in [2.45, 2.75) is 39.8 Å². The van der Waals surface area contributed by atoms with Crippen LogP contribution in [0.3, 0.4) is 0 Å². The average molecular weight is 190 g/mol. The molecule has 0 saturated carbocycles. The van der Waals surface area contributed by atoms with Gasteiger partial charge in [0.05, 0.1) is 5.19 Å². The Balaban J connectivity index is 2.26. The third-order valence-corrected chi connectivity index (χ3v) is 5.24. The lowest BCUT2D eigenvalue weighted by molar-refractivity contribution is 0.768. The largest absolute Gasteiger partial charge is 0.285 e. The summed E-state index contributed by atoms with van der Waals surface area (Å²) in [6, 6.07) is 1.10. The van der Waals surface area contributed by atoms with Crippen LogP contribution in [0.25, 0.3) is 0 Å². The summed E-state index contributed by atoms with van der Waals surface area (Å²) in [6.07, 6.45) is 0. The second-order valence-electron chi connectivity index (χ2n) is 3.28. The molecule has 11 heavy (non-hydrogen) atoms. The molecule has 1 saturated heterocycles. The molecule has 0 aliphatic carbocycles. The van der Waals surface area contributed by atoms with E-state index >= 15 is 0 Å². The molecule has 2 unspecified atom stereocenters. The topological polar surface area (TPSA) is 24.4 Å². The van der Waals surface area contributed by atoms with E-state index in [2.05, 4.69) is 37.8 Å². The van der Waals surface area contributed by atoms with Gasteiger partial charge in [-0.3, -0.25) is 10.1 Å². The summed E-state index contributed by atoms with van der Waals surface area (Å²) in [5.74, 6) is 0.